The van der Waals surface area contributed by atoms with Crippen LogP contribution in [0.2, 0.25) is 0 Å². The SMILES string of the molecule is CN1CC[C@]23Cc4nc5c(O)cccc5cc4C[C@@]2(O)[C@H]1Cc1ccc(O)cc13.Cl. The maximum absolute atomic E-state index is 12.2. The number of likely N-dealkylation sites (tertiary alicyclic amines) is 1. The molecule has 2 aliphatic carbocycles. The van der Waals surface area contributed by atoms with Crippen molar-refractivity contribution in [3.63, 3.8) is 0 Å². The Balaban J connectivity index is 0.00000193. The highest BCUT2D eigenvalue weighted by Gasteiger charge is 2.64. The fourth-order valence-electron chi connectivity index (χ4n) is 6.28. The lowest BCUT2D eigenvalue weighted by Crippen LogP contribution is -2.73. The van der Waals surface area contributed by atoms with Gasteiger partial charge in [0.1, 0.15) is 17.0 Å². The molecule has 1 aromatic heterocycles. The monoisotopic (exact) mass is 424 g/mol. The number of fused-ring (bicyclic) bond motifs is 3. The highest BCUT2D eigenvalue weighted by atomic mass is 35.5. The van der Waals surface area contributed by atoms with Crippen molar-refractivity contribution < 1.29 is 15.3 Å². The zero-order valence-corrected chi connectivity index (χ0v) is 17.6. The molecule has 1 fully saturated rings. The van der Waals surface area contributed by atoms with Crippen molar-refractivity contribution >= 4 is 23.3 Å². The van der Waals surface area contributed by atoms with Crippen LogP contribution in [-0.4, -0.2) is 50.4 Å². The first-order valence-corrected chi connectivity index (χ1v) is 10.3. The molecule has 1 saturated heterocycles. The van der Waals surface area contributed by atoms with Gasteiger partial charge in [0.2, 0.25) is 0 Å². The van der Waals surface area contributed by atoms with E-state index >= 15 is 0 Å². The summed E-state index contributed by atoms with van der Waals surface area (Å²) in [5, 5.41) is 33.7. The van der Waals surface area contributed by atoms with E-state index in [1.165, 1.54) is 5.56 Å². The van der Waals surface area contributed by atoms with Gasteiger partial charge in [0.25, 0.3) is 0 Å². The Bertz CT molecular complexity index is 1180. The standard InChI is InChI=1S/C24H24N2O3.ClH/c1-26-8-7-23-13-19-16(9-15-3-2-4-20(28)22(15)25-19)12-24(23,29)21(26)10-14-5-6-17(27)11-18(14)23;/h2-6,9,11,21,27-29H,7-8,10,12-13H2,1H3;1H/t21-,23-,24-;/m1./s1. The minimum absolute atomic E-state index is 0. The number of pyridine rings is 1. The zero-order valence-electron chi connectivity index (χ0n) is 16.8. The summed E-state index contributed by atoms with van der Waals surface area (Å²) in [4.78, 5) is 7.15. The van der Waals surface area contributed by atoms with E-state index in [1.54, 1.807) is 12.1 Å². The minimum atomic E-state index is -0.917. The topological polar surface area (TPSA) is 76.8 Å². The Labute approximate surface area is 181 Å². The Morgan fingerprint density at radius 3 is 2.73 bits per heavy atom. The Hall–Kier alpha value is -2.34. The number of nitrogens with zero attached hydrogens (tertiary/aromatic N) is 2. The molecular formula is C24H25ClN2O3. The number of para-hydroxylation sites is 1. The van der Waals surface area contributed by atoms with Gasteiger partial charge in [-0.25, -0.2) is 4.98 Å². The van der Waals surface area contributed by atoms with Crippen molar-refractivity contribution in [1.29, 1.82) is 0 Å². The summed E-state index contributed by atoms with van der Waals surface area (Å²) in [5.41, 5.74) is 3.50. The quantitative estimate of drug-likeness (QED) is 0.517. The van der Waals surface area contributed by atoms with Crippen LogP contribution in [0.15, 0.2) is 42.5 Å². The van der Waals surface area contributed by atoms with Crippen LogP contribution >= 0.6 is 12.4 Å². The molecule has 3 aliphatic rings. The molecule has 3 N–H and O–H groups in total. The van der Waals surface area contributed by atoms with E-state index in [4.69, 9.17) is 4.98 Å². The summed E-state index contributed by atoms with van der Waals surface area (Å²) < 4.78 is 0. The Morgan fingerprint density at radius 2 is 1.90 bits per heavy atom. The first-order valence-electron chi connectivity index (χ1n) is 10.3. The van der Waals surface area contributed by atoms with E-state index < -0.39 is 11.0 Å². The number of halogens is 1. The molecule has 0 radical (unpaired) electrons. The highest BCUT2D eigenvalue weighted by Crippen LogP contribution is 2.57. The van der Waals surface area contributed by atoms with Crippen LogP contribution in [0, 0.1) is 0 Å². The van der Waals surface area contributed by atoms with Gasteiger partial charge in [0.15, 0.2) is 0 Å². The van der Waals surface area contributed by atoms with Gasteiger partial charge < -0.3 is 20.2 Å². The molecule has 2 heterocycles. The maximum Gasteiger partial charge on any atom is 0.141 e. The third-order valence-electron chi connectivity index (χ3n) is 7.75. The smallest absolute Gasteiger partial charge is 0.141 e. The molecule has 5 nitrogen and oxygen atoms in total. The van der Waals surface area contributed by atoms with Gasteiger partial charge in [-0.15, -0.1) is 12.4 Å². The van der Waals surface area contributed by atoms with Gasteiger partial charge in [-0.3, -0.25) is 0 Å². The summed E-state index contributed by atoms with van der Waals surface area (Å²) in [6, 6.07) is 13.2. The molecule has 0 amide bonds. The summed E-state index contributed by atoms with van der Waals surface area (Å²) in [6.45, 7) is 0.899. The molecule has 3 aromatic rings. The molecule has 0 saturated carbocycles. The van der Waals surface area contributed by atoms with E-state index in [1.807, 2.05) is 24.3 Å². The van der Waals surface area contributed by atoms with Gasteiger partial charge >= 0.3 is 0 Å². The van der Waals surface area contributed by atoms with Crippen LogP contribution in [0.25, 0.3) is 10.9 Å². The van der Waals surface area contributed by atoms with Crippen molar-refractivity contribution in [2.45, 2.75) is 42.7 Å². The third-order valence-corrected chi connectivity index (χ3v) is 7.75. The van der Waals surface area contributed by atoms with E-state index in [2.05, 4.69) is 18.0 Å². The number of rotatable bonds is 0. The average Bonchev–Trinajstić information content (AvgIpc) is 2.69. The van der Waals surface area contributed by atoms with Crippen LogP contribution in [0.5, 0.6) is 11.5 Å². The maximum atomic E-state index is 12.2. The van der Waals surface area contributed by atoms with Gasteiger partial charge in [0.05, 0.1) is 5.60 Å². The highest BCUT2D eigenvalue weighted by molar-refractivity contribution is 5.85. The zero-order chi connectivity index (χ0) is 20.0. The predicted molar refractivity (Wildman–Crippen MR) is 118 cm³/mol. The molecule has 2 bridgehead atoms. The van der Waals surface area contributed by atoms with Crippen LogP contribution in [0.3, 0.4) is 0 Å². The molecule has 6 heteroatoms. The number of aromatic hydroxyl groups is 2. The fourth-order valence-corrected chi connectivity index (χ4v) is 6.28. The van der Waals surface area contributed by atoms with E-state index in [-0.39, 0.29) is 29.9 Å². The van der Waals surface area contributed by atoms with E-state index in [9.17, 15) is 15.3 Å². The molecule has 1 aliphatic heterocycles. The first-order chi connectivity index (χ1) is 13.9. The van der Waals surface area contributed by atoms with Crippen molar-refractivity contribution in [3.8, 4) is 11.5 Å². The van der Waals surface area contributed by atoms with Crippen LogP contribution in [-0.2, 0) is 24.7 Å². The predicted octanol–water partition coefficient (Wildman–Crippen LogP) is 3.10. The normalized spacial score (nSPS) is 29.5. The number of phenolic OH excluding ortho intramolecular Hbond substituents is 2. The molecule has 6 rings (SSSR count). The molecule has 3 atom stereocenters. The number of aliphatic hydroxyl groups is 1. The van der Waals surface area contributed by atoms with Gasteiger partial charge in [-0.1, -0.05) is 18.2 Å². The second-order valence-corrected chi connectivity index (χ2v) is 9.09. The van der Waals surface area contributed by atoms with Crippen molar-refractivity contribution in [2.75, 3.05) is 13.6 Å². The summed E-state index contributed by atoms with van der Waals surface area (Å²) in [5.74, 6) is 0.430. The summed E-state index contributed by atoms with van der Waals surface area (Å²) in [6.07, 6.45) is 2.74. The average molecular weight is 425 g/mol. The number of hydrogen-bond donors (Lipinski definition) is 3. The molecule has 30 heavy (non-hydrogen) atoms. The lowest BCUT2D eigenvalue weighted by molar-refractivity contribution is -0.145. The first kappa shape index (κ1) is 19.6. The molecule has 2 aromatic carbocycles. The lowest BCUT2D eigenvalue weighted by atomic mass is 9.49. The van der Waals surface area contributed by atoms with Crippen molar-refractivity contribution in [2.24, 2.45) is 0 Å². The van der Waals surface area contributed by atoms with E-state index in [0.717, 1.165) is 41.6 Å². The fraction of sp³-hybridized carbons (Fsp3) is 0.375. The Kier molecular flexibility index (Phi) is 4.14. The lowest BCUT2D eigenvalue weighted by Gasteiger charge is -2.63. The van der Waals surface area contributed by atoms with Gasteiger partial charge in [0, 0.05) is 35.4 Å². The van der Waals surface area contributed by atoms with Crippen molar-refractivity contribution in [1.82, 2.24) is 9.88 Å². The van der Waals surface area contributed by atoms with E-state index in [0.29, 0.717) is 18.4 Å². The summed E-state index contributed by atoms with van der Waals surface area (Å²) >= 11 is 0. The number of aromatic nitrogens is 1. The van der Waals surface area contributed by atoms with Gasteiger partial charge in [-0.2, -0.15) is 0 Å². The summed E-state index contributed by atoms with van der Waals surface area (Å²) in [7, 11) is 2.10. The molecule has 156 valence electrons. The van der Waals surface area contributed by atoms with Crippen LogP contribution in [0.1, 0.15) is 28.8 Å². The molecule has 0 spiro atoms. The Morgan fingerprint density at radius 1 is 1.07 bits per heavy atom. The van der Waals surface area contributed by atoms with Crippen molar-refractivity contribution in [3.05, 3.63) is 64.8 Å². The molecule has 0 unspecified atom stereocenters. The number of likely N-dealkylation sites (N-methyl/N-ethyl adjacent to an activating group) is 1. The minimum Gasteiger partial charge on any atom is -0.508 e. The third kappa shape index (κ3) is 2.34. The number of benzene rings is 2. The molecular weight excluding hydrogens is 400 g/mol. The van der Waals surface area contributed by atoms with Gasteiger partial charge in [-0.05, 0) is 67.4 Å². The largest absolute Gasteiger partial charge is 0.508 e. The second kappa shape index (κ2) is 6.33. The number of hydrogen-bond acceptors (Lipinski definition) is 5. The number of phenols is 2. The second-order valence-electron chi connectivity index (χ2n) is 9.09. The number of piperidine rings is 1. The van der Waals surface area contributed by atoms with Crippen LogP contribution < -0.4 is 0 Å². The van der Waals surface area contributed by atoms with Crippen LogP contribution in [0.4, 0.5) is 0 Å².